The molecule has 0 aromatic heterocycles. The molecule has 2 rings (SSSR count). The highest BCUT2D eigenvalue weighted by Crippen LogP contribution is 2.15. The molecule has 0 radical (unpaired) electrons. The molecule has 0 atom stereocenters. The van der Waals surface area contributed by atoms with Gasteiger partial charge in [-0.05, 0) is 35.9 Å². The first kappa shape index (κ1) is 15.7. The third-order valence-electron chi connectivity index (χ3n) is 2.76. The molecule has 0 saturated heterocycles. The Balaban J connectivity index is 2.11. The second-order valence-corrected chi connectivity index (χ2v) is 7.44. The minimum Gasteiger partial charge on any atom is -0.457 e. The fraction of sp³-hybridized carbons (Fsp3) is 0.133. The van der Waals surface area contributed by atoms with E-state index >= 15 is 0 Å². The third-order valence-corrected chi connectivity index (χ3v) is 4.36. The zero-order chi connectivity index (χ0) is 15.5. The molecule has 0 heterocycles. The van der Waals surface area contributed by atoms with Gasteiger partial charge in [0.1, 0.15) is 6.61 Å². The molecule has 2 aromatic rings. The monoisotopic (exact) mass is 368 g/mol. The van der Waals surface area contributed by atoms with Crippen LogP contribution in [0.15, 0.2) is 57.9 Å². The lowest BCUT2D eigenvalue weighted by Crippen LogP contribution is -2.07. The van der Waals surface area contributed by atoms with Gasteiger partial charge in [-0.2, -0.15) is 0 Å². The van der Waals surface area contributed by atoms with Gasteiger partial charge in [-0.25, -0.2) is 13.2 Å². The molecule has 0 N–H and O–H groups in total. The Morgan fingerprint density at radius 2 is 1.86 bits per heavy atom. The Labute approximate surface area is 131 Å². The van der Waals surface area contributed by atoms with E-state index in [0.717, 1.165) is 16.3 Å². The van der Waals surface area contributed by atoms with E-state index in [1.165, 1.54) is 24.3 Å². The minimum absolute atomic E-state index is 0.0967. The highest BCUT2D eigenvalue weighted by Gasteiger charge is 2.12. The van der Waals surface area contributed by atoms with Gasteiger partial charge in [0.2, 0.25) is 0 Å². The molecule has 110 valence electrons. The van der Waals surface area contributed by atoms with Crippen molar-refractivity contribution in [2.75, 3.05) is 6.26 Å². The fourth-order valence-corrected chi connectivity index (χ4v) is 2.83. The number of halogens is 1. The van der Waals surface area contributed by atoms with Crippen LogP contribution in [0.2, 0.25) is 0 Å². The molecule has 2 aromatic carbocycles. The summed E-state index contributed by atoms with van der Waals surface area (Å²) < 4.78 is 29.0. The van der Waals surface area contributed by atoms with Gasteiger partial charge in [-0.3, -0.25) is 0 Å². The minimum atomic E-state index is -3.35. The summed E-state index contributed by atoms with van der Waals surface area (Å²) in [6.07, 6.45) is 1.10. The van der Waals surface area contributed by atoms with E-state index in [2.05, 4.69) is 15.9 Å². The quantitative estimate of drug-likeness (QED) is 0.777. The van der Waals surface area contributed by atoms with Gasteiger partial charge in [-0.1, -0.05) is 34.1 Å². The van der Waals surface area contributed by atoms with Gasteiger partial charge in [0, 0.05) is 10.7 Å². The summed E-state index contributed by atoms with van der Waals surface area (Å²) in [4.78, 5) is 12.1. The van der Waals surface area contributed by atoms with E-state index in [0.29, 0.717) is 0 Å². The first-order chi connectivity index (χ1) is 9.86. The molecule has 21 heavy (non-hydrogen) atoms. The number of hydrogen-bond donors (Lipinski definition) is 0. The average molecular weight is 369 g/mol. The summed E-state index contributed by atoms with van der Waals surface area (Å²) in [7, 11) is -3.35. The van der Waals surface area contributed by atoms with E-state index in [1.807, 2.05) is 24.3 Å². The standard InChI is InChI=1S/C15H13BrO4S/c1-21(18,19)14-7-3-5-12(9-14)15(17)20-10-11-4-2-6-13(16)8-11/h2-9H,10H2,1H3. The predicted molar refractivity (Wildman–Crippen MR) is 82.8 cm³/mol. The lowest BCUT2D eigenvalue weighted by Gasteiger charge is -2.06. The highest BCUT2D eigenvalue weighted by atomic mass is 79.9. The number of ether oxygens (including phenoxy) is 1. The molecule has 0 amide bonds. The fourth-order valence-electron chi connectivity index (χ4n) is 1.71. The average Bonchev–Trinajstić information content (AvgIpc) is 2.44. The maximum Gasteiger partial charge on any atom is 0.338 e. The van der Waals surface area contributed by atoms with E-state index in [-0.39, 0.29) is 17.1 Å². The molecule has 0 aliphatic heterocycles. The van der Waals surface area contributed by atoms with E-state index in [1.54, 1.807) is 0 Å². The van der Waals surface area contributed by atoms with Crippen LogP contribution >= 0.6 is 15.9 Å². The summed E-state index contributed by atoms with van der Waals surface area (Å²) in [5.41, 5.74) is 1.06. The van der Waals surface area contributed by atoms with Gasteiger partial charge in [0.05, 0.1) is 10.5 Å². The van der Waals surface area contributed by atoms with Crippen LogP contribution in [0, 0.1) is 0 Å². The van der Waals surface area contributed by atoms with Crippen molar-refractivity contribution in [1.82, 2.24) is 0 Å². The van der Waals surface area contributed by atoms with Crippen molar-refractivity contribution in [2.45, 2.75) is 11.5 Å². The number of carbonyl (C=O) groups excluding carboxylic acids is 1. The number of hydrogen-bond acceptors (Lipinski definition) is 4. The van der Waals surface area contributed by atoms with Crippen molar-refractivity contribution in [3.63, 3.8) is 0 Å². The van der Waals surface area contributed by atoms with Crippen molar-refractivity contribution < 1.29 is 17.9 Å². The lowest BCUT2D eigenvalue weighted by molar-refractivity contribution is 0.0472. The van der Waals surface area contributed by atoms with Crippen molar-refractivity contribution >= 4 is 31.7 Å². The Morgan fingerprint density at radius 1 is 1.14 bits per heavy atom. The van der Waals surface area contributed by atoms with Crippen LogP contribution in [0.4, 0.5) is 0 Å². The largest absolute Gasteiger partial charge is 0.457 e. The molecule has 0 aliphatic carbocycles. The summed E-state index contributed by atoms with van der Waals surface area (Å²) >= 11 is 3.34. The summed E-state index contributed by atoms with van der Waals surface area (Å²) in [5, 5.41) is 0. The van der Waals surface area contributed by atoms with Crippen LogP contribution < -0.4 is 0 Å². The van der Waals surface area contributed by atoms with Crippen molar-refractivity contribution in [3.05, 3.63) is 64.1 Å². The van der Waals surface area contributed by atoms with Crippen LogP contribution in [0.1, 0.15) is 15.9 Å². The second-order valence-electron chi connectivity index (χ2n) is 4.51. The first-order valence-corrected chi connectivity index (χ1v) is 8.76. The maximum absolute atomic E-state index is 12.0. The number of esters is 1. The van der Waals surface area contributed by atoms with E-state index in [4.69, 9.17) is 4.74 Å². The third kappa shape index (κ3) is 4.41. The van der Waals surface area contributed by atoms with Crippen molar-refractivity contribution in [2.24, 2.45) is 0 Å². The van der Waals surface area contributed by atoms with Crippen molar-refractivity contribution in [1.29, 1.82) is 0 Å². The Morgan fingerprint density at radius 3 is 2.52 bits per heavy atom. The van der Waals surface area contributed by atoms with Gasteiger partial charge >= 0.3 is 5.97 Å². The molecule has 0 saturated carbocycles. The van der Waals surface area contributed by atoms with Gasteiger partial charge < -0.3 is 4.74 Å². The van der Waals surface area contributed by atoms with E-state index < -0.39 is 15.8 Å². The van der Waals surface area contributed by atoms with Gasteiger partial charge in [-0.15, -0.1) is 0 Å². The maximum atomic E-state index is 12.0. The molecule has 4 nitrogen and oxygen atoms in total. The van der Waals surface area contributed by atoms with Crippen molar-refractivity contribution in [3.8, 4) is 0 Å². The van der Waals surface area contributed by atoms with Crippen LogP contribution in [-0.2, 0) is 21.2 Å². The Hall–Kier alpha value is -1.66. The number of benzene rings is 2. The molecule has 0 spiro atoms. The lowest BCUT2D eigenvalue weighted by atomic mass is 10.2. The number of rotatable bonds is 4. The zero-order valence-electron chi connectivity index (χ0n) is 11.2. The molecular formula is C15H13BrO4S. The Bertz CT molecular complexity index is 769. The smallest absolute Gasteiger partial charge is 0.338 e. The number of carbonyl (C=O) groups is 1. The van der Waals surface area contributed by atoms with Gasteiger partial charge in [0.25, 0.3) is 0 Å². The summed E-state index contributed by atoms with van der Waals surface area (Å²) in [6, 6.07) is 13.2. The van der Waals surface area contributed by atoms with Crippen LogP contribution in [0.5, 0.6) is 0 Å². The molecular weight excluding hydrogens is 356 g/mol. The first-order valence-electron chi connectivity index (χ1n) is 6.08. The SMILES string of the molecule is CS(=O)(=O)c1cccc(C(=O)OCc2cccc(Br)c2)c1. The summed E-state index contributed by atoms with van der Waals surface area (Å²) in [6.45, 7) is 0.126. The normalized spacial score (nSPS) is 11.1. The van der Waals surface area contributed by atoms with Crippen LogP contribution in [-0.4, -0.2) is 20.6 Å². The molecule has 0 bridgehead atoms. The molecule has 0 fully saturated rings. The molecule has 6 heteroatoms. The second kappa shape index (κ2) is 6.41. The zero-order valence-corrected chi connectivity index (χ0v) is 13.6. The Kier molecular flexibility index (Phi) is 4.80. The van der Waals surface area contributed by atoms with Crippen LogP contribution in [0.25, 0.3) is 0 Å². The topological polar surface area (TPSA) is 60.4 Å². The predicted octanol–water partition coefficient (Wildman–Crippen LogP) is 3.21. The summed E-state index contributed by atoms with van der Waals surface area (Å²) in [5.74, 6) is -0.555. The molecule has 0 unspecified atom stereocenters. The van der Waals surface area contributed by atoms with Crippen LogP contribution in [0.3, 0.4) is 0 Å². The highest BCUT2D eigenvalue weighted by molar-refractivity contribution is 9.10. The molecule has 0 aliphatic rings. The van der Waals surface area contributed by atoms with E-state index in [9.17, 15) is 13.2 Å². The van der Waals surface area contributed by atoms with Gasteiger partial charge in [0.15, 0.2) is 9.84 Å². The number of sulfone groups is 1.